The number of hydrogen-bond acceptors (Lipinski definition) is 0. The Hall–Kier alpha value is -0.780. The van der Waals surface area contributed by atoms with Gasteiger partial charge < -0.3 is 0 Å². The fraction of sp³-hybridized carbons (Fsp3) is 0.739. The fourth-order valence-electron chi connectivity index (χ4n) is 9.66. The number of hydrogen-bond donors (Lipinski definition) is 0. The van der Waals surface area contributed by atoms with Gasteiger partial charge in [0.1, 0.15) is 0 Å². The lowest BCUT2D eigenvalue weighted by Gasteiger charge is -2.82. The molecule has 0 saturated heterocycles. The second-order valence-electron chi connectivity index (χ2n) is 11.1. The Morgan fingerprint density at radius 3 is 2.30 bits per heavy atom. The fourth-order valence-corrected chi connectivity index (χ4v) is 9.66. The van der Waals surface area contributed by atoms with E-state index in [1.807, 2.05) is 0 Å². The first kappa shape index (κ1) is 13.5. The van der Waals surface area contributed by atoms with E-state index in [9.17, 15) is 0 Å². The monoisotopic (exact) mass is 306 g/mol. The molecule has 0 aliphatic heterocycles. The van der Waals surface area contributed by atoms with Gasteiger partial charge in [0, 0.05) is 5.41 Å². The molecule has 0 heterocycles. The van der Waals surface area contributed by atoms with Crippen LogP contribution in [0.25, 0.3) is 0 Å². The zero-order valence-corrected chi connectivity index (χ0v) is 14.9. The standard InChI is InChI=1S/C23H30/c1-20-10-17-16-9-21(2)13-22(17,3)19(12-20)23(14-21,18(16)11-20)15-7-5-4-6-8-15/h4-8,16-19H,9-14H2,1-3H3. The second-order valence-corrected chi connectivity index (χ2v) is 11.1. The Morgan fingerprint density at radius 1 is 0.783 bits per heavy atom. The minimum absolute atomic E-state index is 0.516. The molecule has 7 aliphatic rings. The van der Waals surface area contributed by atoms with Crippen LogP contribution in [-0.2, 0) is 5.41 Å². The molecule has 0 amide bonds. The van der Waals surface area contributed by atoms with E-state index in [1.54, 1.807) is 12.0 Å². The molecule has 7 aliphatic carbocycles. The molecule has 8 bridgehead atoms. The maximum atomic E-state index is 2.71. The molecule has 0 radical (unpaired) electrons. The lowest BCUT2D eigenvalue weighted by atomic mass is 9.22. The first-order valence-electron chi connectivity index (χ1n) is 9.94. The maximum Gasteiger partial charge on any atom is 0.00231 e. The highest BCUT2D eigenvalue weighted by molar-refractivity contribution is 5.39. The van der Waals surface area contributed by atoms with Crippen molar-refractivity contribution in [2.45, 2.75) is 64.7 Å². The summed E-state index contributed by atoms with van der Waals surface area (Å²) in [7, 11) is 0. The zero-order chi connectivity index (χ0) is 15.7. The molecule has 122 valence electrons. The molecule has 0 spiro atoms. The molecule has 0 nitrogen and oxygen atoms in total. The van der Waals surface area contributed by atoms with E-state index >= 15 is 0 Å². The van der Waals surface area contributed by atoms with Gasteiger partial charge in [-0.2, -0.15) is 0 Å². The van der Waals surface area contributed by atoms with Crippen LogP contribution in [-0.4, -0.2) is 0 Å². The molecule has 8 unspecified atom stereocenters. The summed E-state index contributed by atoms with van der Waals surface area (Å²) in [4.78, 5) is 0. The quantitative estimate of drug-likeness (QED) is 0.613. The number of rotatable bonds is 1. The summed E-state index contributed by atoms with van der Waals surface area (Å²) in [5.74, 6) is 3.99. The minimum Gasteiger partial charge on any atom is -0.0622 e. The van der Waals surface area contributed by atoms with Crippen LogP contribution in [0.2, 0.25) is 0 Å². The Balaban J connectivity index is 1.64. The summed E-state index contributed by atoms with van der Waals surface area (Å²) in [6.07, 6.45) is 9.11. The van der Waals surface area contributed by atoms with Gasteiger partial charge in [0.05, 0.1) is 0 Å². The normalized spacial score (nSPS) is 61.3. The van der Waals surface area contributed by atoms with Crippen LogP contribution >= 0.6 is 0 Å². The van der Waals surface area contributed by atoms with Crippen LogP contribution in [0.4, 0.5) is 0 Å². The average Bonchev–Trinajstić information content (AvgIpc) is 2.51. The smallest absolute Gasteiger partial charge is 0.00231 e. The van der Waals surface area contributed by atoms with E-state index in [2.05, 4.69) is 51.1 Å². The van der Waals surface area contributed by atoms with E-state index in [0.717, 1.165) is 23.7 Å². The molecular formula is C23H30. The second kappa shape index (κ2) is 3.58. The Labute approximate surface area is 141 Å². The van der Waals surface area contributed by atoms with Gasteiger partial charge in [0.25, 0.3) is 0 Å². The average molecular weight is 306 g/mol. The van der Waals surface area contributed by atoms with Gasteiger partial charge in [0.2, 0.25) is 0 Å². The summed E-state index contributed by atoms with van der Waals surface area (Å²) in [5, 5.41) is 0. The van der Waals surface area contributed by atoms with Gasteiger partial charge in [-0.05, 0) is 84.0 Å². The van der Waals surface area contributed by atoms with Crippen LogP contribution in [0.15, 0.2) is 30.3 Å². The van der Waals surface area contributed by atoms with Crippen molar-refractivity contribution < 1.29 is 0 Å². The predicted molar refractivity (Wildman–Crippen MR) is 94.1 cm³/mol. The molecule has 1 aromatic rings. The largest absolute Gasteiger partial charge is 0.0622 e. The van der Waals surface area contributed by atoms with E-state index in [1.165, 1.54) is 32.1 Å². The lowest BCUT2D eigenvalue weighted by molar-refractivity contribution is -0.303. The van der Waals surface area contributed by atoms with Crippen molar-refractivity contribution in [2.24, 2.45) is 39.9 Å². The van der Waals surface area contributed by atoms with Crippen molar-refractivity contribution in [3.8, 4) is 0 Å². The first-order valence-corrected chi connectivity index (χ1v) is 9.94. The molecule has 23 heavy (non-hydrogen) atoms. The van der Waals surface area contributed by atoms with E-state index in [4.69, 9.17) is 0 Å². The topological polar surface area (TPSA) is 0 Å². The third kappa shape index (κ3) is 1.31. The van der Waals surface area contributed by atoms with Crippen molar-refractivity contribution in [3.05, 3.63) is 35.9 Å². The summed E-state index contributed by atoms with van der Waals surface area (Å²) >= 11 is 0. The third-order valence-electron chi connectivity index (χ3n) is 9.65. The molecule has 7 saturated carbocycles. The van der Waals surface area contributed by atoms with Crippen molar-refractivity contribution in [3.63, 3.8) is 0 Å². The van der Waals surface area contributed by atoms with Gasteiger partial charge in [-0.15, -0.1) is 0 Å². The Morgan fingerprint density at radius 2 is 1.52 bits per heavy atom. The van der Waals surface area contributed by atoms with Crippen LogP contribution in [0.3, 0.4) is 0 Å². The Bertz CT molecular complexity index is 691. The van der Waals surface area contributed by atoms with Crippen molar-refractivity contribution in [1.82, 2.24) is 0 Å². The van der Waals surface area contributed by atoms with Crippen LogP contribution < -0.4 is 0 Å². The summed E-state index contributed by atoms with van der Waals surface area (Å²) in [6, 6.07) is 11.8. The molecule has 0 N–H and O–H groups in total. The van der Waals surface area contributed by atoms with Gasteiger partial charge in [-0.25, -0.2) is 0 Å². The van der Waals surface area contributed by atoms with Crippen molar-refractivity contribution in [2.75, 3.05) is 0 Å². The summed E-state index contributed by atoms with van der Waals surface area (Å²) in [5.41, 5.74) is 4.13. The van der Waals surface area contributed by atoms with Gasteiger partial charge in [-0.1, -0.05) is 51.1 Å². The van der Waals surface area contributed by atoms with Crippen molar-refractivity contribution >= 4 is 0 Å². The summed E-state index contributed by atoms with van der Waals surface area (Å²) < 4.78 is 0. The molecule has 1 aromatic carbocycles. The third-order valence-corrected chi connectivity index (χ3v) is 9.65. The van der Waals surface area contributed by atoms with Gasteiger partial charge >= 0.3 is 0 Å². The number of benzene rings is 1. The molecule has 8 rings (SSSR count). The molecular weight excluding hydrogens is 276 g/mol. The SMILES string of the molecule is CC12CC3C4CC5(C)CC3(C)C(C1)C(c1ccccc1)(C5)C4C2. The van der Waals surface area contributed by atoms with Crippen LogP contribution in [0.5, 0.6) is 0 Å². The van der Waals surface area contributed by atoms with Crippen LogP contribution in [0, 0.1) is 39.9 Å². The summed E-state index contributed by atoms with van der Waals surface area (Å²) in [6.45, 7) is 7.98. The van der Waals surface area contributed by atoms with Gasteiger partial charge in [-0.3, -0.25) is 0 Å². The first-order chi connectivity index (χ1) is 10.9. The van der Waals surface area contributed by atoms with Crippen molar-refractivity contribution in [1.29, 1.82) is 0 Å². The minimum atomic E-state index is 0.516. The highest BCUT2D eigenvalue weighted by Crippen LogP contribution is 2.84. The highest BCUT2D eigenvalue weighted by Gasteiger charge is 2.77. The maximum absolute atomic E-state index is 2.71. The molecule has 8 atom stereocenters. The predicted octanol–water partition coefficient (Wildman–Crippen LogP) is 5.82. The highest BCUT2D eigenvalue weighted by atomic mass is 14.8. The zero-order valence-electron chi connectivity index (χ0n) is 14.9. The van der Waals surface area contributed by atoms with E-state index < -0.39 is 0 Å². The molecule has 0 aromatic heterocycles. The molecule has 7 fully saturated rings. The lowest BCUT2D eigenvalue weighted by Crippen LogP contribution is -2.76. The Kier molecular flexibility index (Phi) is 2.10. The van der Waals surface area contributed by atoms with E-state index in [0.29, 0.717) is 21.7 Å². The van der Waals surface area contributed by atoms with Gasteiger partial charge in [0.15, 0.2) is 0 Å². The van der Waals surface area contributed by atoms with E-state index in [-0.39, 0.29) is 0 Å². The molecule has 0 heteroatoms. The van der Waals surface area contributed by atoms with Crippen LogP contribution in [0.1, 0.15) is 64.9 Å².